The van der Waals surface area contributed by atoms with Gasteiger partial charge in [-0.1, -0.05) is 36.4 Å². The van der Waals surface area contributed by atoms with Crippen molar-refractivity contribution in [1.29, 1.82) is 0 Å². The van der Waals surface area contributed by atoms with Crippen LogP contribution in [0.1, 0.15) is 23.2 Å². The van der Waals surface area contributed by atoms with E-state index in [4.69, 9.17) is 0 Å². The van der Waals surface area contributed by atoms with E-state index in [0.717, 1.165) is 54.6 Å². The Morgan fingerprint density at radius 3 is 2.69 bits per heavy atom. The van der Waals surface area contributed by atoms with E-state index in [0.29, 0.717) is 5.92 Å². The Bertz CT molecular complexity index is 883. The quantitative estimate of drug-likeness (QED) is 0.788. The summed E-state index contributed by atoms with van der Waals surface area (Å²) in [6.45, 7) is 2.62. The predicted octanol–water partition coefficient (Wildman–Crippen LogP) is 3.28. The number of hydrogen-bond donors (Lipinski definition) is 1. The number of carbonyl (C=O) groups excluding carboxylic acids is 1. The van der Waals surface area contributed by atoms with Crippen molar-refractivity contribution in [2.24, 2.45) is 5.92 Å². The van der Waals surface area contributed by atoms with Gasteiger partial charge in [0, 0.05) is 37.6 Å². The van der Waals surface area contributed by atoms with Crippen LogP contribution in [0.5, 0.6) is 0 Å². The van der Waals surface area contributed by atoms with Gasteiger partial charge in [-0.25, -0.2) is 4.98 Å². The number of fused-ring (bicyclic) bond motifs is 1. The molecule has 1 aliphatic heterocycles. The molecule has 5 heteroatoms. The van der Waals surface area contributed by atoms with E-state index in [9.17, 15) is 4.79 Å². The zero-order valence-electron chi connectivity index (χ0n) is 14.6. The highest BCUT2D eigenvalue weighted by molar-refractivity contribution is 6.06. The largest absolute Gasteiger partial charge is 0.355 e. The maximum Gasteiger partial charge on any atom is 0.251 e. The highest BCUT2D eigenvalue weighted by atomic mass is 16.1. The second kappa shape index (κ2) is 7.52. The van der Waals surface area contributed by atoms with Crippen LogP contribution >= 0.6 is 0 Å². The Balaban J connectivity index is 1.34. The van der Waals surface area contributed by atoms with Gasteiger partial charge in [-0.15, -0.1) is 0 Å². The van der Waals surface area contributed by atoms with Crippen molar-refractivity contribution in [1.82, 2.24) is 15.3 Å². The van der Waals surface area contributed by atoms with E-state index in [1.54, 1.807) is 12.4 Å². The standard InChI is InChI=1S/C21H22N4O/c26-21(19-7-3-5-17-4-1-2-6-18(17)19)24-14-16-8-12-25(13-9-16)20-15-22-10-11-23-20/h1-7,10-11,15-16H,8-9,12-14H2,(H,24,26). The van der Waals surface area contributed by atoms with Gasteiger partial charge >= 0.3 is 0 Å². The van der Waals surface area contributed by atoms with Crippen molar-refractivity contribution >= 4 is 22.5 Å². The molecule has 1 fully saturated rings. The van der Waals surface area contributed by atoms with Crippen LogP contribution in [0.25, 0.3) is 10.8 Å². The molecule has 0 saturated carbocycles. The van der Waals surface area contributed by atoms with Gasteiger partial charge in [-0.2, -0.15) is 0 Å². The number of nitrogens with zero attached hydrogens (tertiary/aromatic N) is 3. The number of aromatic nitrogens is 2. The smallest absolute Gasteiger partial charge is 0.251 e. The van der Waals surface area contributed by atoms with Crippen LogP contribution in [0, 0.1) is 5.92 Å². The number of anilines is 1. The minimum atomic E-state index is 0.0122. The number of amides is 1. The molecule has 3 aromatic rings. The van der Waals surface area contributed by atoms with E-state index in [2.05, 4.69) is 20.2 Å². The summed E-state index contributed by atoms with van der Waals surface area (Å²) in [5, 5.41) is 5.23. The molecule has 26 heavy (non-hydrogen) atoms. The molecule has 0 radical (unpaired) electrons. The molecular formula is C21H22N4O. The number of carbonyl (C=O) groups is 1. The number of hydrogen-bond acceptors (Lipinski definition) is 4. The van der Waals surface area contributed by atoms with Gasteiger partial charge in [0.1, 0.15) is 5.82 Å². The van der Waals surface area contributed by atoms with E-state index >= 15 is 0 Å². The molecule has 1 aliphatic rings. The SMILES string of the molecule is O=C(NCC1CCN(c2cnccn2)CC1)c1cccc2ccccc12. The maximum atomic E-state index is 12.6. The predicted molar refractivity (Wildman–Crippen MR) is 103 cm³/mol. The van der Waals surface area contributed by atoms with Crippen molar-refractivity contribution in [2.45, 2.75) is 12.8 Å². The van der Waals surface area contributed by atoms with Crippen molar-refractivity contribution in [2.75, 3.05) is 24.5 Å². The minimum Gasteiger partial charge on any atom is -0.355 e. The fraction of sp³-hybridized carbons (Fsp3) is 0.286. The van der Waals surface area contributed by atoms with Crippen LogP contribution in [-0.2, 0) is 0 Å². The van der Waals surface area contributed by atoms with Gasteiger partial charge in [-0.3, -0.25) is 9.78 Å². The summed E-state index contributed by atoms with van der Waals surface area (Å²) < 4.78 is 0. The van der Waals surface area contributed by atoms with Gasteiger partial charge in [0.2, 0.25) is 0 Å². The number of rotatable bonds is 4. The van der Waals surface area contributed by atoms with E-state index in [1.165, 1.54) is 0 Å². The molecule has 0 spiro atoms. The maximum absolute atomic E-state index is 12.6. The number of benzene rings is 2. The summed E-state index contributed by atoms with van der Waals surface area (Å²) in [6.07, 6.45) is 7.33. The lowest BCUT2D eigenvalue weighted by Crippen LogP contribution is -2.39. The summed E-state index contributed by atoms with van der Waals surface area (Å²) in [5.41, 5.74) is 0.750. The molecule has 132 valence electrons. The fourth-order valence-electron chi connectivity index (χ4n) is 3.58. The summed E-state index contributed by atoms with van der Waals surface area (Å²) >= 11 is 0. The first-order valence-corrected chi connectivity index (χ1v) is 9.08. The van der Waals surface area contributed by atoms with Crippen molar-refractivity contribution in [3.8, 4) is 0 Å². The van der Waals surface area contributed by atoms with Gasteiger partial charge in [-0.05, 0) is 35.6 Å². The first-order valence-electron chi connectivity index (χ1n) is 9.08. The molecule has 2 aromatic carbocycles. The van der Waals surface area contributed by atoms with Gasteiger partial charge in [0.05, 0.1) is 6.20 Å². The van der Waals surface area contributed by atoms with Crippen LogP contribution in [0.15, 0.2) is 61.1 Å². The minimum absolute atomic E-state index is 0.0122. The van der Waals surface area contributed by atoms with E-state index < -0.39 is 0 Å². The summed E-state index contributed by atoms with van der Waals surface area (Å²) in [4.78, 5) is 23.4. The lowest BCUT2D eigenvalue weighted by atomic mass is 9.96. The summed E-state index contributed by atoms with van der Waals surface area (Å²) in [6, 6.07) is 13.9. The van der Waals surface area contributed by atoms with Crippen molar-refractivity contribution < 1.29 is 4.79 Å². The molecule has 0 unspecified atom stereocenters. The molecule has 1 N–H and O–H groups in total. The van der Waals surface area contributed by atoms with Crippen LogP contribution < -0.4 is 10.2 Å². The van der Waals surface area contributed by atoms with Crippen LogP contribution in [0.2, 0.25) is 0 Å². The second-order valence-electron chi connectivity index (χ2n) is 6.73. The monoisotopic (exact) mass is 346 g/mol. The highest BCUT2D eigenvalue weighted by Gasteiger charge is 2.21. The number of nitrogens with one attached hydrogen (secondary N) is 1. The third-order valence-electron chi connectivity index (χ3n) is 5.07. The van der Waals surface area contributed by atoms with Crippen molar-refractivity contribution in [3.63, 3.8) is 0 Å². The zero-order chi connectivity index (χ0) is 17.8. The van der Waals surface area contributed by atoms with Gasteiger partial charge in [0.15, 0.2) is 0 Å². The van der Waals surface area contributed by atoms with Crippen molar-refractivity contribution in [3.05, 3.63) is 66.6 Å². The Morgan fingerprint density at radius 2 is 1.88 bits per heavy atom. The molecule has 1 amide bonds. The van der Waals surface area contributed by atoms with Gasteiger partial charge < -0.3 is 10.2 Å². The first kappa shape index (κ1) is 16.5. The zero-order valence-corrected chi connectivity index (χ0v) is 14.6. The molecule has 0 bridgehead atoms. The van der Waals surface area contributed by atoms with Crippen LogP contribution in [0.3, 0.4) is 0 Å². The molecule has 2 heterocycles. The third kappa shape index (κ3) is 3.52. The summed E-state index contributed by atoms with van der Waals surface area (Å²) in [5.74, 6) is 1.45. The lowest BCUT2D eigenvalue weighted by molar-refractivity contribution is 0.0946. The van der Waals surface area contributed by atoms with Crippen LogP contribution in [0.4, 0.5) is 5.82 Å². The third-order valence-corrected chi connectivity index (χ3v) is 5.07. The molecule has 1 saturated heterocycles. The molecule has 0 atom stereocenters. The molecular weight excluding hydrogens is 324 g/mol. The molecule has 1 aromatic heterocycles. The topological polar surface area (TPSA) is 58.1 Å². The normalized spacial score (nSPS) is 15.2. The Kier molecular flexibility index (Phi) is 4.78. The molecule has 4 rings (SSSR count). The summed E-state index contributed by atoms with van der Waals surface area (Å²) in [7, 11) is 0. The first-order chi connectivity index (χ1) is 12.8. The average molecular weight is 346 g/mol. The Labute approximate surface area is 153 Å². The average Bonchev–Trinajstić information content (AvgIpc) is 2.72. The highest BCUT2D eigenvalue weighted by Crippen LogP contribution is 2.21. The Hall–Kier alpha value is -2.95. The van der Waals surface area contributed by atoms with Crippen LogP contribution in [-0.4, -0.2) is 35.5 Å². The molecule has 5 nitrogen and oxygen atoms in total. The molecule has 0 aliphatic carbocycles. The van der Waals surface area contributed by atoms with Gasteiger partial charge in [0.25, 0.3) is 5.91 Å². The fourth-order valence-corrected chi connectivity index (χ4v) is 3.58. The number of piperidine rings is 1. The Morgan fingerprint density at radius 1 is 1.08 bits per heavy atom. The van der Waals surface area contributed by atoms with E-state index in [-0.39, 0.29) is 5.91 Å². The van der Waals surface area contributed by atoms with E-state index in [1.807, 2.05) is 48.7 Å². The lowest BCUT2D eigenvalue weighted by Gasteiger charge is -2.32. The second-order valence-corrected chi connectivity index (χ2v) is 6.73.